The van der Waals surface area contributed by atoms with Crippen molar-refractivity contribution in [1.82, 2.24) is 9.80 Å². The Morgan fingerprint density at radius 1 is 1.07 bits per heavy atom. The zero-order chi connectivity index (χ0) is 18.8. The maximum Gasteiger partial charge on any atom is 0.289 e. The van der Waals surface area contributed by atoms with Crippen LogP contribution in [0.4, 0.5) is 5.69 Å². The Balaban J connectivity index is 1.38. The fraction of sp³-hybridized carbons (Fsp3) is 0.429. The van der Waals surface area contributed by atoms with Crippen LogP contribution < -0.4 is 4.90 Å². The zero-order valence-electron chi connectivity index (χ0n) is 15.6. The molecule has 142 valence electrons. The van der Waals surface area contributed by atoms with Crippen LogP contribution in [-0.2, 0) is 11.2 Å². The van der Waals surface area contributed by atoms with Crippen molar-refractivity contribution in [2.45, 2.75) is 25.8 Å². The smallest absolute Gasteiger partial charge is 0.289 e. The molecule has 0 bridgehead atoms. The van der Waals surface area contributed by atoms with Gasteiger partial charge in [0.05, 0.1) is 12.8 Å². The van der Waals surface area contributed by atoms with Gasteiger partial charge >= 0.3 is 0 Å². The summed E-state index contributed by atoms with van der Waals surface area (Å²) in [5.41, 5.74) is 2.28. The van der Waals surface area contributed by atoms with Crippen molar-refractivity contribution in [2.75, 3.05) is 37.6 Å². The second kappa shape index (κ2) is 7.56. The maximum absolute atomic E-state index is 13.0. The van der Waals surface area contributed by atoms with Gasteiger partial charge in [-0.15, -0.1) is 0 Å². The van der Waals surface area contributed by atoms with Crippen molar-refractivity contribution >= 4 is 17.5 Å². The molecule has 4 rings (SSSR count). The molecule has 1 aromatic heterocycles. The quantitative estimate of drug-likeness (QED) is 0.836. The largest absolute Gasteiger partial charge is 0.459 e. The first-order valence-electron chi connectivity index (χ1n) is 9.58. The van der Waals surface area contributed by atoms with Gasteiger partial charge in [0.25, 0.3) is 5.91 Å². The standard InChI is InChI=1S/C21H25N3O3/c1-16-14-17-6-2-3-7-18(17)24(16)20(25)15-22-9-5-10-23(12-11-22)21(26)19-8-4-13-27-19/h2-4,6-8,13,16H,5,9-12,14-15H2,1H3. The van der Waals surface area contributed by atoms with Crippen LogP contribution in [0.3, 0.4) is 0 Å². The summed E-state index contributed by atoms with van der Waals surface area (Å²) in [7, 11) is 0. The second-order valence-corrected chi connectivity index (χ2v) is 7.34. The topological polar surface area (TPSA) is 57.0 Å². The van der Waals surface area contributed by atoms with E-state index >= 15 is 0 Å². The van der Waals surface area contributed by atoms with Crippen molar-refractivity contribution in [1.29, 1.82) is 0 Å². The Morgan fingerprint density at radius 2 is 1.93 bits per heavy atom. The lowest BCUT2D eigenvalue weighted by molar-refractivity contribution is -0.120. The first-order chi connectivity index (χ1) is 13.1. The SMILES string of the molecule is CC1Cc2ccccc2N1C(=O)CN1CCCN(C(=O)c2ccco2)CC1. The van der Waals surface area contributed by atoms with Crippen LogP contribution in [0.15, 0.2) is 47.1 Å². The van der Waals surface area contributed by atoms with Gasteiger partial charge in [0.1, 0.15) is 0 Å². The van der Waals surface area contributed by atoms with Gasteiger partial charge < -0.3 is 14.2 Å². The van der Waals surface area contributed by atoms with Crippen molar-refractivity contribution in [2.24, 2.45) is 0 Å². The number of rotatable bonds is 3. The Kier molecular flexibility index (Phi) is 4.99. The first-order valence-corrected chi connectivity index (χ1v) is 9.58. The number of hydrogen-bond donors (Lipinski definition) is 0. The number of amides is 2. The third-order valence-electron chi connectivity index (χ3n) is 5.44. The van der Waals surface area contributed by atoms with Crippen molar-refractivity contribution in [3.05, 3.63) is 54.0 Å². The summed E-state index contributed by atoms with van der Waals surface area (Å²) in [5, 5.41) is 0. The third kappa shape index (κ3) is 3.62. The molecule has 6 nitrogen and oxygen atoms in total. The van der Waals surface area contributed by atoms with Crippen LogP contribution in [-0.4, -0.2) is 60.4 Å². The van der Waals surface area contributed by atoms with Gasteiger partial charge in [0, 0.05) is 37.9 Å². The number of para-hydroxylation sites is 1. The number of hydrogen-bond acceptors (Lipinski definition) is 4. The highest BCUT2D eigenvalue weighted by atomic mass is 16.3. The van der Waals surface area contributed by atoms with Crippen LogP contribution >= 0.6 is 0 Å². The molecule has 2 amide bonds. The summed E-state index contributed by atoms with van der Waals surface area (Å²) in [5.74, 6) is 0.440. The van der Waals surface area contributed by atoms with Crippen LogP contribution in [0.1, 0.15) is 29.5 Å². The van der Waals surface area contributed by atoms with Crippen LogP contribution in [0.5, 0.6) is 0 Å². The van der Waals surface area contributed by atoms with E-state index < -0.39 is 0 Å². The molecule has 1 atom stereocenters. The minimum Gasteiger partial charge on any atom is -0.459 e. The molecular formula is C21H25N3O3. The van der Waals surface area contributed by atoms with Crippen LogP contribution in [0.25, 0.3) is 0 Å². The summed E-state index contributed by atoms with van der Waals surface area (Å²) in [6.07, 6.45) is 3.28. The Labute approximate surface area is 159 Å². The monoisotopic (exact) mass is 367 g/mol. The number of furan rings is 1. The van der Waals surface area contributed by atoms with E-state index in [1.54, 1.807) is 12.1 Å². The van der Waals surface area contributed by atoms with E-state index in [9.17, 15) is 9.59 Å². The van der Waals surface area contributed by atoms with Crippen molar-refractivity contribution in [3.8, 4) is 0 Å². The maximum atomic E-state index is 13.0. The predicted molar refractivity (Wildman–Crippen MR) is 103 cm³/mol. The molecule has 2 aromatic rings. The fourth-order valence-corrected chi connectivity index (χ4v) is 4.10. The molecule has 1 unspecified atom stereocenters. The third-order valence-corrected chi connectivity index (χ3v) is 5.44. The van der Waals surface area contributed by atoms with Gasteiger partial charge in [-0.25, -0.2) is 0 Å². The molecule has 1 aromatic carbocycles. The molecule has 0 aliphatic carbocycles. The molecule has 1 fully saturated rings. The summed E-state index contributed by atoms with van der Waals surface area (Å²) >= 11 is 0. The van der Waals surface area contributed by atoms with Crippen molar-refractivity contribution in [3.63, 3.8) is 0 Å². The summed E-state index contributed by atoms with van der Waals surface area (Å²) < 4.78 is 5.23. The first kappa shape index (κ1) is 17.8. The average Bonchev–Trinajstić information content (AvgIpc) is 3.24. The Morgan fingerprint density at radius 3 is 2.74 bits per heavy atom. The number of carbonyl (C=O) groups is 2. The molecule has 2 aliphatic heterocycles. The lowest BCUT2D eigenvalue weighted by Gasteiger charge is -2.27. The molecule has 1 saturated heterocycles. The molecular weight excluding hydrogens is 342 g/mol. The fourth-order valence-electron chi connectivity index (χ4n) is 4.10. The minimum atomic E-state index is -0.0738. The molecule has 6 heteroatoms. The van der Waals surface area contributed by atoms with Gasteiger partial charge in [0.15, 0.2) is 5.76 Å². The van der Waals surface area contributed by atoms with E-state index in [0.29, 0.717) is 31.9 Å². The van der Waals surface area contributed by atoms with E-state index in [-0.39, 0.29) is 17.9 Å². The molecule has 0 saturated carbocycles. The number of carbonyl (C=O) groups excluding carboxylic acids is 2. The molecule has 2 aliphatic rings. The highest BCUT2D eigenvalue weighted by Gasteiger charge is 2.32. The molecule has 0 radical (unpaired) electrons. The highest BCUT2D eigenvalue weighted by Crippen LogP contribution is 2.31. The highest BCUT2D eigenvalue weighted by molar-refractivity contribution is 5.97. The zero-order valence-corrected chi connectivity index (χ0v) is 15.6. The minimum absolute atomic E-state index is 0.0738. The summed E-state index contributed by atoms with van der Waals surface area (Å²) in [6, 6.07) is 11.8. The number of nitrogens with zero attached hydrogens (tertiary/aromatic N) is 3. The number of fused-ring (bicyclic) bond motifs is 1. The van der Waals surface area contributed by atoms with Gasteiger partial charge in [-0.2, -0.15) is 0 Å². The Hall–Kier alpha value is -2.60. The van der Waals surface area contributed by atoms with Gasteiger partial charge in [-0.05, 0) is 43.5 Å². The van der Waals surface area contributed by atoms with Crippen LogP contribution in [0.2, 0.25) is 0 Å². The molecule has 0 N–H and O–H groups in total. The van der Waals surface area contributed by atoms with Crippen molar-refractivity contribution < 1.29 is 14.0 Å². The second-order valence-electron chi connectivity index (χ2n) is 7.34. The number of anilines is 1. The van der Waals surface area contributed by atoms with E-state index in [1.807, 2.05) is 28.0 Å². The lowest BCUT2D eigenvalue weighted by Crippen LogP contribution is -2.44. The van der Waals surface area contributed by atoms with E-state index in [1.165, 1.54) is 11.8 Å². The van der Waals surface area contributed by atoms with E-state index in [0.717, 1.165) is 25.1 Å². The molecule has 0 spiro atoms. The normalized spacial score (nSPS) is 20.4. The Bertz CT molecular complexity index is 818. The van der Waals surface area contributed by atoms with Gasteiger partial charge in [0.2, 0.25) is 5.91 Å². The molecule has 27 heavy (non-hydrogen) atoms. The molecule has 3 heterocycles. The van der Waals surface area contributed by atoms with E-state index in [2.05, 4.69) is 17.9 Å². The summed E-state index contributed by atoms with van der Waals surface area (Å²) in [6.45, 7) is 5.30. The average molecular weight is 367 g/mol. The number of benzene rings is 1. The summed E-state index contributed by atoms with van der Waals surface area (Å²) in [4.78, 5) is 31.4. The lowest BCUT2D eigenvalue weighted by atomic mass is 10.1. The van der Waals surface area contributed by atoms with Gasteiger partial charge in [-0.3, -0.25) is 14.5 Å². The van der Waals surface area contributed by atoms with E-state index in [4.69, 9.17) is 4.42 Å². The van der Waals surface area contributed by atoms with Gasteiger partial charge in [-0.1, -0.05) is 18.2 Å². The predicted octanol–water partition coefficient (Wildman–Crippen LogP) is 2.41. The van der Waals surface area contributed by atoms with Crippen LogP contribution in [0, 0.1) is 0 Å².